The predicted molar refractivity (Wildman–Crippen MR) is 130 cm³/mol. The van der Waals surface area contributed by atoms with Gasteiger partial charge in [-0.3, -0.25) is 24.0 Å². The SMILES string of the molecule is Cn1c(=O)c2c(-c3ccccc3)n3c(c2n(C)c1=O)[C@H](c1cc([N+](=O)[O-])ccc1O)OCC3(C)C. The third-order valence-electron chi connectivity index (χ3n) is 6.62. The molecule has 0 unspecified atom stereocenters. The van der Waals surface area contributed by atoms with Crippen molar-refractivity contribution in [2.45, 2.75) is 25.5 Å². The van der Waals surface area contributed by atoms with Crippen molar-refractivity contribution >= 4 is 16.6 Å². The van der Waals surface area contributed by atoms with Crippen molar-refractivity contribution in [2.24, 2.45) is 14.1 Å². The summed E-state index contributed by atoms with van der Waals surface area (Å²) in [6, 6.07) is 13.1. The Morgan fingerprint density at radius 2 is 1.77 bits per heavy atom. The number of rotatable bonds is 3. The van der Waals surface area contributed by atoms with Crippen LogP contribution in [0.4, 0.5) is 5.69 Å². The molecule has 5 rings (SSSR count). The molecule has 0 bridgehead atoms. The maximum Gasteiger partial charge on any atom is 0.331 e. The largest absolute Gasteiger partial charge is 0.508 e. The van der Waals surface area contributed by atoms with Gasteiger partial charge in [0.2, 0.25) is 0 Å². The van der Waals surface area contributed by atoms with E-state index in [1.807, 2.05) is 48.7 Å². The van der Waals surface area contributed by atoms with E-state index in [0.29, 0.717) is 22.3 Å². The summed E-state index contributed by atoms with van der Waals surface area (Å²) in [6.45, 7) is 4.10. The number of nitro groups is 1. The number of aromatic nitrogens is 3. The van der Waals surface area contributed by atoms with E-state index in [4.69, 9.17) is 4.74 Å². The first-order valence-electron chi connectivity index (χ1n) is 11.0. The first-order valence-corrected chi connectivity index (χ1v) is 11.0. The van der Waals surface area contributed by atoms with Crippen molar-refractivity contribution in [1.29, 1.82) is 0 Å². The van der Waals surface area contributed by atoms with Crippen LogP contribution < -0.4 is 11.2 Å². The quantitative estimate of drug-likeness (QED) is 0.358. The number of phenols is 1. The molecule has 1 aliphatic rings. The third kappa shape index (κ3) is 3.21. The van der Waals surface area contributed by atoms with Gasteiger partial charge in [0.25, 0.3) is 11.2 Å². The highest BCUT2D eigenvalue weighted by atomic mass is 16.6. The molecule has 2 aromatic heterocycles. The molecule has 3 heterocycles. The second kappa shape index (κ2) is 7.67. The number of benzene rings is 2. The number of hydrogen-bond acceptors (Lipinski definition) is 6. The van der Waals surface area contributed by atoms with Crippen LogP contribution in [0.25, 0.3) is 22.2 Å². The zero-order valence-electron chi connectivity index (χ0n) is 19.7. The first-order chi connectivity index (χ1) is 16.5. The lowest BCUT2D eigenvalue weighted by Crippen LogP contribution is -2.40. The van der Waals surface area contributed by atoms with Crippen LogP contribution in [0.5, 0.6) is 5.75 Å². The zero-order chi connectivity index (χ0) is 25.2. The molecule has 4 aromatic rings. The molecule has 0 fully saturated rings. The topological polar surface area (TPSA) is 122 Å². The highest BCUT2D eigenvalue weighted by Gasteiger charge is 2.41. The molecule has 10 nitrogen and oxygen atoms in total. The summed E-state index contributed by atoms with van der Waals surface area (Å²) in [4.78, 5) is 37.4. The molecule has 0 aliphatic carbocycles. The Balaban J connectivity index is 2.00. The van der Waals surface area contributed by atoms with Gasteiger partial charge >= 0.3 is 5.69 Å². The van der Waals surface area contributed by atoms with Crippen LogP contribution >= 0.6 is 0 Å². The normalized spacial score (nSPS) is 16.9. The van der Waals surface area contributed by atoms with Crippen molar-refractivity contribution < 1.29 is 14.8 Å². The molecule has 0 saturated carbocycles. The van der Waals surface area contributed by atoms with Crippen LogP contribution in [0.3, 0.4) is 0 Å². The van der Waals surface area contributed by atoms with Gasteiger partial charge < -0.3 is 14.4 Å². The van der Waals surface area contributed by atoms with E-state index in [1.165, 1.54) is 29.8 Å². The minimum atomic E-state index is -0.958. The highest BCUT2D eigenvalue weighted by molar-refractivity contribution is 5.96. The molecule has 10 heteroatoms. The van der Waals surface area contributed by atoms with Gasteiger partial charge in [0.05, 0.1) is 39.4 Å². The lowest BCUT2D eigenvalue weighted by Gasteiger charge is -2.39. The van der Waals surface area contributed by atoms with E-state index in [2.05, 4.69) is 0 Å². The molecule has 2 aromatic carbocycles. The maximum absolute atomic E-state index is 13.5. The standard InChI is InChI=1S/C25H24N4O6/c1-25(2)13-35-22(16-12-15(29(33)34)10-11-17(16)30)21-20-18(23(31)27(4)24(32)26(20)3)19(28(21)25)14-8-6-5-7-9-14/h5-12,22,30H,13H2,1-4H3/t22-/m0/s1. The van der Waals surface area contributed by atoms with Crippen molar-refractivity contribution in [3.05, 3.63) is 90.7 Å². The summed E-state index contributed by atoms with van der Waals surface area (Å²) in [5.74, 6) is -0.184. The van der Waals surface area contributed by atoms with Crippen LogP contribution in [-0.4, -0.2) is 30.3 Å². The average Bonchev–Trinajstić information content (AvgIpc) is 3.20. The fourth-order valence-electron chi connectivity index (χ4n) is 4.97. The van der Waals surface area contributed by atoms with E-state index in [1.54, 1.807) is 7.05 Å². The highest BCUT2D eigenvalue weighted by Crippen LogP contribution is 2.47. The zero-order valence-corrected chi connectivity index (χ0v) is 19.7. The Hall–Kier alpha value is -4.18. The van der Waals surface area contributed by atoms with Gasteiger partial charge in [0.15, 0.2) is 0 Å². The lowest BCUT2D eigenvalue weighted by atomic mass is 9.97. The summed E-state index contributed by atoms with van der Waals surface area (Å²) >= 11 is 0. The van der Waals surface area contributed by atoms with E-state index in [-0.39, 0.29) is 23.6 Å². The molecular weight excluding hydrogens is 452 g/mol. The molecule has 1 aliphatic heterocycles. The molecule has 0 radical (unpaired) electrons. The lowest BCUT2D eigenvalue weighted by molar-refractivity contribution is -0.385. The molecule has 1 N–H and O–H groups in total. The van der Waals surface area contributed by atoms with Crippen molar-refractivity contribution in [3.8, 4) is 17.0 Å². The summed E-state index contributed by atoms with van der Waals surface area (Å²) in [6.07, 6.45) is -0.958. The number of hydrogen-bond donors (Lipinski definition) is 1. The van der Waals surface area contributed by atoms with Gasteiger partial charge in [-0.25, -0.2) is 4.79 Å². The Labute approximate surface area is 199 Å². The van der Waals surface area contributed by atoms with Crippen molar-refractivity contribution in [3.63, 3.8) is 0 Å². The number of nitro benzene ring substituents is 1. The van der Waals surface area contributed by atoms with Gasteiger partial charge in [-0.05, 0) is 25.5 Å². The number of fused-ring (bicyclic) bond motifs is 3. The van der Waals surface area contributed by atoms with Crippen LogP contribution in [0.1, 0.15) is 31.2 Å². The second-order valence-electron chi connectivity index (χ2n) is 9.37. The fourth-order valence-corrected chi connectivity index (χ4v) is 4.97. The van der Waals surface area contributed by atoms with E-state index in [0.717, 1.165) is 10.1 Å². The molecule has 0 spiro atoms. The van der Waals surface area contributed by atoms with E-state index < -0.39 is 27.8 Å². The van der Waals surface area contributed by atoms with Gasteiger partial charge in [0.1, 0.15) is 11.9 Å². The molecule has 35 heavy (non-hydrogen) atoms. The number of non-ortho nitro benzene ring substituents is 1. The number of phenolic OH excluding ortho intramolecular Hbond substituents is 1. The molecule has 0 saturated heterocycles. The number of ether oxygens (including phenoxy) is 1. The minimum absolute atomic E-state index is 0.183. The number of aryl methyl sites for hydroxylation is 1. The summed E-state index contributed by atoms with van der Waals surface area (Å²) in [7, 11) is 3.01. The van der Waals surface area contributed by atoms with E-state index in [9.17, 15) is 24.8 Å². The van der Waals surface area contributed by atoms with Gasteiger partial charge in [0, 0.05) is 31.8 Å². The Kier molecular flexibility index (Phi) is 4.95. The molecule has 0 amide bonds. The molecule has 1 atom stereocenters. The molecular formula is C25H24N4O6. The van der Waals surface area contributed by atoms with Crippen molar-refractivity contribution in [2.75, 3.05) is 6.61 Å². The van der Waals surface area contributed by atoms with Crippen LogP contribution in [0, 0.1) is 10.1 Å². The Bertz CT molecular complexity index is 1630. The Morgan fingerprint density at radius 1 is 1.09 bits per heavy atom. The molecule has 180 valence electrons. The number of aromatic hydroxyl groups is 1. The summed E-state index contributed by atoms with van der Waals surface area (Å²) < 4.78 is 10.6. The van der Waals surface area contributed by atoms with Crippen molar-refractivity contribution in [1.82, 2.24) is 13.7 Å². The predicted octanol–water partition coefficient (Wildman–Crippen LogP) is 3.17. The summed E-state index contributed by atoms with van der Waals surface area (Å²) in [5.41, 5.74) is 0.593. The third-order valence-corrected chi connectivity index (χ3v) is 6.62. The van der Waals surface area contributed by atoms with Crippen LogP contribution in [-0.2, 0) is 24.4 Å². The second-order valence-corrected chi connectivity index (χ2v) is 9.37. The van der Waals surface area contributed by atoms with Crippen LogP contribution in [0.2, 0.25) is 0 Å². The fraction of sp³-hybridized carbons (Fsp3) is 0.280. The minimum Gasteiger partial charge on any atom is -0.508 e. The van der Waals surface area contributed by atoms with Gasteiger partial charge in [-0.2, -0.15) is 0 Å². The monoisotopic (exact) mass is 476 g/mol. The van der Waals surface area contributed by atoms with Gasteiger partial charge in [-0.15, -0.1) is 0 Å². The van der Waals surface area contributed by atoms with E-state index >= 15 is 0 Å². The first kappa shape index (κ1) is 22.6. The van der Waals surface area contributed by atoms with Gasteiger partial charge in [-0.1, -0.05) is 30.3 Å². The van der Waals surface area contributed by atoms with Crippen LogP contribution in [0.15, 0.2) is 58.1 Å². The Morgan fingerprint density at radius 3 is 2.43 bits per heavy atom. The maximum atomic E-state index is 13.5. The number of nitrogens with zero attached hydrogens (tertiary/aromatic N) is 4. The summed E-state index contributed by atoms with van der Waals surface area (Å²) in [5, 5.41) is 22.5. The smallest absolute Gasteiger partial charge is 0.331 e. The average molecular weight is 476 g/mol.